The molecule has 0 radical (unpaired) electrons. The van der Waals surface area contributed by atoms with Crippen LogP contribution in [0.2, 0.25) is 19.6 Å². The fourth-order valence-electron chi connectivity index (χ4n) is 1.72. The molecular weight excluding hydrogens is 208 g/mol. The molecule has 0 bridgehead atoms. The zero-order valence-electron chi connectivity index (χ0n) is 10.4. The van der Waals surface area contributed by atoms with Gasteiger partial charge in [0.2, 0.25) is 0 Å². The van der Waals surface area contributed by atoms with Crippen LogP contribution in [0.25, 0.3) is 0 Å². The molecule has 1 heterocycles. The van der Waals surface area contributed by atoms with Gasteiger partial charge in [-0.05, 0) is 45.8 Å². The van der Waals surface area contributed by atoms with Crippen LogP contribution in [-0.2, 0) is 13.9 Å². The summed E-state index contributed by atoms with van der Waals surface area (Å²) in [5, 5.41) is 0. The van der Waals surface area contributed by atoms with E-state index >= 15 is 0 Å². The lowest BCUT2D eigenvalue weighted by Crippen LogP contribution is -2.34. The Morgan fingerprint density at radius 1 is 1.33 bits per heavy atom. The van der Waals surface area contributed by atoms with Gasteiger partial charge < -0.3 is 13.9 Å². The van der Waals surface area contributed by atoms with E-state index in [0.29, 0.717) is 6.61 Å². The van der Waals surface area contributed by atoms with Crippen LogP contribution in [-0.4, -0.2) is 33.9 Å². The molecule has 4 heteroatoms. The predicted octanol–water partition coefficient (Wildman–Crippen LogP) is 2.77. The van der Waals surface area contributed by atoms with Crippen LogP contribution in [0.5, 0.6) is 0 Å². The van der Waals surface area contributed by atoms with Crippen LogP contribution in [0.4, 0.5) is 0 Å². The highest BCUT2D eigenvalue weighted by molar-refractivity contribution is 6.69. The van der Waals surface area contributed by atoms with E-state index in [4.69, 9.17) is 13.9 Å². The highest BCUT2D eigenvalue weighted by Gasteiger charge is 2.20. The van der Waals surface area contributed by atoms with Crippen LogP contribution < -0.4 is 0 Å². The summed E-state index contributed by atoms with van der Waals surface area (Å²) in [6.07, 6.45) is 3.60. The van der Waals surface area contributed by atoms with E-state index in [1.807, 2.05) is 0 Å². The fourth-order valence-corrected chi connectivity index (χ4v) is 3.00. The molecule has 1 saturated heterocycles. The molecule has 0 spiro atoms. The minimum Gasteiger partial charge on any atom is -0.413 e. The highest BCUT2D eigenvalue weighted by atomic mass is 28.4. The van der Waals surface area contributed by atoms with Crippen LogP contribution in [0, 0.1) is 0 Å². The van der Waals surface area contributed by atoms with Crippen LogP contribution in [0.15, 0.2) is 0 Å². The van der Waals surface area contributed by atoms with E-state index in [0.717, 1.165) is 13.0 Å². The van der Waals surface area contributed by atoms with Crippen molar-refractivity contribution in [2.75, 3.05) is 13.2 Å². The molecular formula is C11H24O3Si. The van der Waals surface area contributed by atoms with Crippen molar-refractivity contribution in [3.63, 3.8) is 0 Å². The minimum absolute atomic E-state index is 0.00596. The molecule has 1 fully saturated rings. The van der Waals surface area contributed by atoms with Gasteiger partial charge in [0.25, 0.3) is 0 Å². The first-order chi connectivity index (χ1) is 6.97. The summed E-state index contributed by atoms with van der Waals surface area (Å²) < 4.78 is 17.0. The molecule has 0 N–H and O–H groups in total. The predicted molar refractivity (Wildman–Crippen MR) is 63.4 cm³/mol. The van der Waals surface area contributed by atoms with Crippen molar-refractivity contribution in [1.29, 1.82) is 0 Å². The van der Waals surface area contributed by atoms with Gasteiger partial charge in [-0.3, -0.25) is 0 Å². The van der Waals surface area contributed by atoms with E-state index in [1.165, 1.54) is 12.8 Å². The summed E-state index contributed by atoms with van der Waals surface area (Å²) in [5.41, 5.74) is 0. The van der Waals surface area contributed by atoms with Crippen LogP contribution in [0.1, 0.15) is 26.2 Å². The average molecular weight is 232 g/mol. The first kappa shape index (κ1) is 13.2. The summed E-state index contributed by atoms with van der Waals surface area (Å²) >= 11 is 0. The monoisotopic (exact) mass is 232 g/mol. The van der Waals surface area contributed by atoms with Crippen molar-refractivity contribution < 1.29 is 13.9 Å². The molecule has 0 saturated carbocycles. The zero-order chi connectivity index (χ0) is 11.3. The standard InChI is InChI=1S/C11H24O3Si/c1-10(14-15(2,3)4)9-13-11-7-5-6-8-12-11/h10-11H,5-9H2,1-4H3. The largest absolute Gasteiger partial charge is 0.413 e. The summed E-state index contributed by atoms with van der Waals surface area (Å²) in [5.74, 6) is 0. The maximum Gasteiger partial charge on any atom is 0.184 e. The van der Waals surface area contributed by atoms with Gasteiger partial charge in [-0.1, -0.05) is 0 Å². The Balaban J connectivity index is 2.12. The molecule has 1 aliphatic heterocycles. The topological polar surface area (TPSA) is 27.7 Å². The van der Waals surface area contributed by atoms with Crippen molar-refractivity contribution in [3.8, 4) is 0 Å². The molecule has 0 aromatic heterocycles. The molecule has 1 aliphatic rings. The summed E-state index contributed by atoms with van der Waals surface area (Å²) in [6.45, 7) is 10.1. The summed E-state index contributed by atoms with van der Waals surface area (Å²) in [4.78, 5) is 0. The first-order valence-electron chi connectivity index (χ1n) is 5.88. The normalized spacial score (nSPS) is 25.2. The Morgan fingerprint density at radius 3 is 2.60 bits per heavy atom. The van der Waals surface area contributed by atoms with Crippen molar-refractivity contribution in [2.24, 2.45) is 0 Å². The van der Waals surface area contributed by atoms with Crippen molar-refractivity contribution in [1.82, 2.24) is 0 Å². The number of hydrogen-bond acceptors (Lipinski definition) is 3. The van der Waals surface area contributed by atoms with Gasteiger partial charge in [0.15, 0.2) is 14.6 Å². The molecule has 0 aromatic carbocycles. The lowest BCUT2D eigenvalue weighted by atomic mass is 10.2. The molecule has 90 valence electrons. The number of ether oxygens (including phenoxy) is 2. The smallest absolute Gasteiger partial charge is 0.184 e. The quantitative estimate of drug-likeness (QED) is 0.682. The second-order valence-electron chi connectivity index (χ2n) is 5.17. The molecule has 2 unspecified atom stereocenters. The Labute approximate surface area is 94.2 Å². The maximum absolute atomic E-state index is 5.89. The molecule has 1 rings (SSSR count). The van der Waals surface area contributed by atoms with Gasteiger partial charge in [0.1, 0.15) is 0 Å². The molecule has 0 aliphatic carbocycles. The van der Waals surface area contributed by atoms with Crippen LogP contribution >= 0.6 is 0 Å². The molecule has 0 amide bonds. The average Bonchev–Trinajstić information content (AvgIpc) is 2.14. The number of rotatable bonds is 5. The van der Waals surface area contributed by atoms with E-state index in [9.17, 15) is 0 Å². The molecule has 15 heavy (non-hydrogen) atoms. The lowest BCUT2D eigenvalue weighted by molar-refractivity contribution is -0.172. The van der Waals surface area contributed by atoms with E-state index in [1.54, 1.807) is 0 Å². The fraction of sp³-hybridized carbons (Fsp3) is 1.00. The van der Waals surface area contributed by atoms with Crippen LogP contribution in [0.3, 0.4) is 0 Å². The van der Waals surface area contributed by atoms with E-state index in [-0.39, 0.29) is 12.4 Å². The third-order valence-corrected chi connectivity index (χ3v) is 3.32. The second kappa shape index (κ2) is 5.99. The van der Waals surface area contributed by atoms with Gasteiger partial charge >= 0.3 is 0 Å². The SMILES string of the molecule is CC(COC1CCCCO1)O[Si](C)(C)C. The third kappa shape index (κ3) is 6.30. The molecule has 2 atom stereocenters. The lowest BCUT2D eigenvalue weighted by Gasteiger charge is -2.27. The maximum atomic E-state index is 5.89. The first-order valence-corrected chi connectivity index (χ1v) is 9.29. The Kier molecular flexibility index (Phi) is 5.25. The zero-order valence-corrected chi connectivity index (χ0v) is 11.4. The van der Waals surface area contributed by atoms with Gasteiger partial charge in [0, 0.05) is 6.61 Å². The minimum atomic E-state index is -1.43. The van der Waals surface area contributed by atoms with Gasteiger partial charge in [-0.2, -0.15) is 0 Å². The second-order valence-corrected chi connectivity index (χ2v) is 9.63. The Hall–Kier alpha value is 0.0969. The van der Waals surface area contributed by atoms with Gasteiger partial charge in [-0.25, -0.2) is 0 Å². The molecule has 3 nitrogen and oxygen atoms in total. The van der Waals surface area contributed by atoms with Crippen molar-refractivity contribution in [2.45, 2.75) is 58.2 Å². The third-order valence-electron chi connectivity index (χ3n) is 2.21. The summed E-state index contributed by atoms with van der Waals surface area (Å²) in [7, 11) is -1.43. The van der Waals surface area contributed by atoms with E-state index in [2.05, 4.69) is 26.6 Å². The Bertz CT molecular complexity index is 173. The number of hydrogen-bond donors (Lipinski definition) is 0. The van der Waals surface area contributed by atoms with Gasteiger partial charge in [-0.15, -0.1) is 0 Å². The van der Waals surface area contributed by atoms with Gasteiger partial charge in [0.05, 0.1) is 12.7 Å². The van der Waals surface area contributed by atoms with Crippen molar-refractivity contribution >= 4 is 8.32 Å². The summed E-state index contributed by atoms with van der Waals surface area (Å²) in [6, 6.07) is 0. The Morgan fingerprint density at radius 2 is 2.07 bits per heavy atom. The van der Waals surface area contributed by atoms with E-state index < -0.39 is 8.32 Å². The molecule has 0 aromatic rings. The highest BCUT2D eigenvalue weighted by Crippen LogP contribution is 2.15. The van der Waals surface area contributed by atoms with Crippen molar-refractivity contribution in [3.05, 3.63) is 0 Å².